The van der Waals surface area contributed by atoms with E-state index in [0.717, 1.165) is 22.8 Å². The van der Waals surface area contributed by atoms with E-state index in [2.05, 4.69) is 19.9 Å². The summed E-state index contributed by atoms with van der Waals surface area (Å²) in [5, 5.41) is 8.82. The van der Waals surface area contributed by atoms with E-state index in [1.807, 2.05) is 12.1 Å². The fourth-order valence-electron chi connectivity index (χ4n) is 3.01. The first-order valence-electron chi connectivity index (χ1n) is 8.41. The molecule has 8 nitrogen and oxygen atoms in total. The molecule has 0 unspecified atom stereocenters. The van der Waals surface area contributed by atoms with Gasteiger partial charge in [0, 0.05) is 37.0 Å². The van der Waals surface area contributed by atoms with Gasteiger partial charge in [-0.3, -0.25) is 4.79 Å². The van der Waals surface area contributed by atoms with Crippen molar-refractivity contribution < 1.29 is 9.53 Å². The minimum absolute atomic E-state index is 0.111. The second-order valence-corrected chi connectivity index (χ2v) is 6.12. The molecule has 3 aromatic heterocycles. The fourth-order valence-corrected chi connectivity index (χ4v) is 3.01. The van der Waals surface area contributed by atoms with E-state index in [-0.39, 0.29) is 5.91 Å². The third-order valence-corrected chi connectivity index (χ3v) is 4.46. The van der Waals surface area contributed by atoms with Crippen LogP contribution in [0.5, 0.6) is 5.88 Å². The van der Waals surface area contributed by atoms with Gasteiger partial charge in [0.05, 0.1) is 30.6 Å². The number of fused-ring (bicyclic) bond motifs is 1. The molecule has 0 aromatic carbocycles. The molecule has 27 heavy (non-hydrogen) atoms. The summed E-state index contributed by atoms with van der Waals surface area (Å²) in [6.45, 7) is 1.03. The lowest BCUT2D eigenvalue weighted by Gasteiger charge is -2.26. The van der Waals surface area contributed by atoms with Gasteiger partial charge in [0.15, 0.2) is 0 Å². The average Bonchev–Trinajstić information content (AvgIpc) is 3.16. The monoisotopic (exact) mass is 360 g/mol. The van der Waals surface area contributed by atoms with Gasteiger partial charge >= 0.3 is 0 Å². The molecule has 0 spiro atoms. The van der Waals surface area contributed by atoms with Crippen molar-refractivity contribution in [1.29, 1.82) is 5.26 Å². The van der Waals surface area contributed by atoms with E-state index in [1.54, 1.807) is 36.4 Å². The Hall–Kier alpha value is -3.73. The van der Waals surface area contributed by atoms with E-state index in [9.17, 15) is 4.79 Å². The van der Waals surface area contributed by atoms with Crippen LogP contribution in [0.15, 0.2) is 36.7 Å². The molecule has 0 bridgehead atoms. The molecule has 4 heterocycles. The molecular weight excluding hydrogens is 344 g/mol. The van der Waals surface area contributed by atoms with Gasteiger partial charge in [0.25, 0.3) is 5.91 Å². The highest BCUT2D eigenvalue weighted by Gasteiger charge is 2.25. The molecule has 0 aliphatic carbocycles. The number of carbonyl (C=O) groups excluding carboxylic acids is 1. The maximum absolute atomic E-state index is 12.7. The number of hydrogen-bond donors (Lipinski definition) is 1. The lowest BCUT2D eigenvalue weighted by molar-refractivity contribution is 0.0731. The molecule has 4 rings (SSSR count). The van der Waals surface area contributed by atoms with Crippen LogP contribution in [0, 0.1) is 11.3 Å². The number of rotatable bonds is 3. The maximum Gasteiger partial charge on any atom is 0.255 e. The fraction of sp³-hybridized carbons (Fsp3) is 0.211. The Bertz CT molecular complexity index is 1020. The molecule has 1 aliphatic heterocycles. The van der Waals surface area contributed by atoms with E-state index in [4.69, 9.17) is 10.00 Å². The Morgan fingerprint density at radius 2 is 2.15 bits per heavy atom. The summed E-state index contributed by atoms with van der Waals surface area (Å²) in [5.41, 5.74) is 3.50. The van der Waals surface area contributed by atoms with Crippen molar-refractivity contribution in [3.63, 3.8) is 0 Å². The zero-order chi connectivity index (χ0) is 18.8. The molecule has 0 fully saturated rings. The third kappa shape index (κ3) is 3.22. The minimum Gasteiger partial charge on any atom is -0.481 e. The van der Waals surface area contributed by atoms with Crippen LogP contribution in [-0.2, 0) is 13.0 Å². The number of imidazole rings is 1. The molecule has 0 saturated heterocycles. The molecule has 134 valence electrons. The lowest BCUT2D eigenvalue weighted by Crippen LogP contribution is -2.36. The molecule has 0 atom stereocenters. The normalized spacial score (nSPS) is 13.0. The van der Waals surface area contributed by atoms with Gasteiger partial charge in [-0.1, -0.05) is 0 Å². The summed E-state index contributed by atoms with van der Waals surface area (Å²) in [5.74, 6) is 1.16. The number of H-pyrrole nitrogens is 1. The van der Waals surface area contributed by atoms with Crippen molar-refractivity contribution in [3.05, 3.63) is 59.3 Å². The Kier molecular flexibility index (Phi) is 4.26. The molecule has 1 amide bonds. The maximum atomic E-state index is 12.7. The van der Waals surface area contributed by atoms with Crippen LogP contribution in [0.25, 0.3) is 11.4 Å². The van der Waals surface area contributed by atoms with Gasteiger partial charge in [-0.25, -0.2) is 15.0 Å². The number of hydrogen-bond acceptors (Lipinski definition) is 6. The largest absolute Gasteiger partial charge is 0.481 e. The summed E-state index contributed by atoms with van der Waals surface area (Å²) in [4.78, 5) is 30.6. The Labute approximate surface area is 155 Å². The number of aromatic amines is 1. The molecule has 3 aromatic rings. The molecule has 0 saturated carbocycles. The smallest absolute Gasteiger partial charge is 0.255 e. The Balaban J connectivity index is 1.53. The van der Waals surface area contributed by atoms with Gasteiger partial charge in [-0.05, 0) is 18.2 Å². The summed E-state index contributed by atoms with van der Waals surface area (Å²) >= 11 is 0. The van der Waals surface area contributed by atoms with Crippen molar-refractivity contribution in [1.82, 2.24) is 24.8 Å². The van der Waals surface area contributed by atoms with Crippen molar-refractivity contribution in [3.8, 4) is 23.3 Å². The van der Waals surface area contributed by atoms with Crippen LogP contribution in [0.3, 0.4) is 0 Å². The van der Waals surface area contributed by atoms with E-state index in [1.165, 1.54) is 6.20 Å². The average molecular weight is 360 g/mol. The number of nitrogens with one attached hydrogen (secondary N) is 1. The van der Waals surface area contributed by atoms with Gasteiger partial charge in [0.1, 0.15) is 17.6 Å². The second-order valence-electron chi connectivity index (χ2n) is 6.12. The first-order chi connectivity index (χ1) is 13.2. The molecular formula is C19H16N6O2. The van der Waals surface area contributed by atoms with Crippen molar-refractivity contribution in [2.75, 3.05) is 13.7 Å². The van der Waals surface area contributed by atoms with E-state index >= 15 is 0 Å². The number of methoxy groups -OCH3 is 1. The Morgan fingerprint density at radius 3 is 2.81 bits per heavy atom. The zero-order valence-corrected chi connectivity index (χ0v) is 14.6. The van der Waals surface area contributed by atoms with Crippen LogP contribution in [0.1, 0.15) is 27.4 Å². The molecule has 8 heteroatoms. The van der Waals surface area contributed by atoms with Crippen LogP contribution in [0.2, 0.25) is 0 Å². The number of nitrogens with zero attached hydrogens (tertiary/aromatic N) is 5. The van der Waals surface area contributed by atoms with Crippen LogP contribution < -0.4 is 4.74 Å². The quantitative estimate of drug-likeness (QED) is 0.765. The number of amides is 1. The topological polar surface area (TPSA) is 108 Å². The molecule has 0 radical (unpaired) electrons. The molecule has 1 aliphatic rings. The summed E-state index contributed by atoms with van der Waals surface area (Å²) < 4.78 is 5.07. The number of ether oxygens (including phenoxy) is 1. The minimum atomic E-state index is -0.111. The lowest BCUT2D eigenvalue weighted by atomic mass is 10.1. The van der Waals surface area contributed by atoms with Gasteiger partial charge in [-0.15, -0.1) is 0 Å². The molecule has 1 N–H and O–H groups in total. The van der Waals surface area contributed by atoms with Gasteiger partial charge < -0.3 is 14.6 Å². The highest BCUT2D eigenvalue weighted by Crippen LogP contribution is 2.24. The van der Waals surface area contributed by atoms with E-state index < -0.39 is 0 Å². The van der Waals surface area contributed by atoms with Crippen molar-refractivity contribution >= 4 is 5.91 Å². The standard InChI is InChI=1S/C19H16N6O2/c1-27-17-5-3-12(9-22-17)18-23-15-6-7-25(11-16(15)24-18)19(26)13-2-4-14(8-20)21-10-13/h2-5,9-10H,6-7,11H2,1H3,(H,23,24). The van der Waals surface area contributed by atoms with E-state index in [0.29, 0.717) is 36.6 Å². The number of aromatic nitrogens is 4. The SMILES string of the molecule is COc1ccc(-c2nc3c([nH]2)CN(C(=O)c2ccc(C#N)nc2)CC3)cn1. The van der Waals surface area contributed by atoms with Crippen molar-refractivity contribution in [2.24, 2.45) is 0 Å². The highest BCUT2D eigenvalue weighted by atomic mass is 16.5. The van der Waals surface area contributed by atoms with Crippen LogP contribution in [-0.4, -0.2) is 44.4 Å². The van der Waals surface area contributed by atoms with Gasteiger partial charge in [0.2, 0.25) is 5.88 Å². The number of pyridine rings is 2. The zero-order valence-electron chi connectivity index (χ0n) is 14.6. The second kappa shape index (κ2) is 6.88. The number of carbonyl (C=O) groups is 1. The third-order valence-electron chi connectivity index (χ3n) is 4.46. The predicted molar refractivity (Wildman–Crippen MR) is 95.8 cm³/mol. The predicted octanol–water partition coefficient (Wildman–Crippen LogP) is 1.95. The summed E-state index contributed by atoms with van der Waals surface area (Å²) in [6, 6.07) is 8.80. The Morgan fingerprint density at radius 1 is 1.26 bits per heavy atom. The number of nitriles is 1. The van der Waals surface area contributed by atoms with Gasteiger partial charge in [-0.2, -0.15) is 5.26 Å². The van der Waals surface area contributed by atoms with Crippen LogP contribution in [0.4, 0.5) is 0 Å². The summed E-state index contributed by atoms with van der Waals surface area (Å²) in [7, 11) is 1.57. The summed E-state index contributed by atoms with van der Waals surface area (Å²) in [6.07, 6.45) is 3.82. The first kappa shape index (κ1) is 16.7. The van der Waals surface area contributed by atoms with Crippen LogP contribution >= 0.6 is 0 Å². The first-order valence-corrected chi connectivity index (χ1v) is 8.41. The highest BCUT2D eigenvalue weighted by molar-refractivity contribution is 5.94. The van der Waals surface area contributed by atoms with Crippen molar-refractivity contribution in [2.45, 2.75) is 13.0 Å².